The second-order valence-corrected chi connectivity index (χ2v) is 8.50. The minimum absolute atomic E-state index is 0.00410. The molecule has 158 valence electrons. The van der Waals surface area contributed by atoms with Crippen LogP contribution in [0.3, 0.4) is 0 Å². The van der Waals surface area contributed by atoms with Gasteiger partial charge in [-0.25, -0.2) is 4.79 Å². The zero-order valence-corrected chi connectivity index (χ0v) is 16.6. The van der Waals surface area contributed by atoms with E-state index in [4.69, 9.17) is 14.6 Å². The van der Waals surface area contributed by atoms with Crippen LogP contribution < -0.4 is 5.32 Å². The Morgan fingerprint density at radius 3 is 1.89 bits per heavy atom. The Hall–Kier alpha value is -0.790. The van der Waals surface area contributed by atoms with Crippen molar-refractivity contribution in [2.45, 2.75) is 114 Å². The van der Waals surface area contributed by atoms with Crippen molar-refractivity contribution in [2.24, 2.45) is 0 Å². The number of carboxylic acid groups (broad SMARTS) is 1. The summed E-state index contributed by atoms with van der Waals surface area (Å²) in [6, 6.07) is 1.74. The molecule has 1 aliphatic heterocycles. The molecule has 2 N–H and O–H groups in total. The predicted octanol–water partition coefficient (Wildman–Crippen LogP) is 4.49. The maximum atomic E-state index is 12.7. The molecule has 7 heteroatoms. The average Bonchev–Trinajstić information content (AvgIpc) is 2.95. The quantitative estimate of drug-likeness (QED) is 0.723. The van der Waals surface area contributed by atoms with Crippen LogP contribution in [0, 0.1) is 0 Å². The van der Waals surface area contributed by atoms with Crippen LogP contribution in [0.4, 0.5) is 8.78 Å². The summed E-state index contributed by atoms with van der Waals surface area (Å²) in [4.78, 5) is 10.1. The van der Waals surface area contributed by atoms with Crippen LogP contribution in [0.25, 0.3) is 0 Å². The predicted molar refractivity (Wildman–Crippen MR) is 99.0 cm³/mol. The van der Waals surface area contributed by atoms with Gasteiger partial charge in [0.2, 0.25) is 0 Å². The summed E-state index contributed by atoms with van der Waals surface area (Å²) in [6.07, 6.45) is 12.8. The van der Waals surface area contributed by atoms with Gasteiger partial charge in [-0.05, 0) is 39.5 Å². The molecule has 5 nitrogen and oxygen atoms in total. The Bertz CT molecular complexity index is 445. The van der Waals surface area contributed by atoms with Crippen LogP contribution in [0.2, 0.25) is 0 Å². The number of nitrogens with one attached hydrogen (secondary N) is 1. The van der Waals surface area contributed by atoms with Crippen LogP contribution in [0.1, 0.15) is 84.5 Å². The van der Waals surface area contributed by atoms with Gasteiger partial charge in [-0.1, -0.05) is 38.5 Å². The van der Waals surface area contributed by atoms with Gasteiger partial charge in [0, 0.05) is 12.1 Å². The third kappa shape index (κ3) is 8.00. The molecule has 0 amide bonds. The lowest BCUT2D eigenvalue weighted by Gasteiger charge is -2.30. The van der Waals surface area contributed by atoms with Gasteiger partial charge in [-0.3, -0.25) is 0 Å². The molecule has 2 aliphatic carbocycles. The molecule has 3 rings (SSSR count). The van der Waals surface area contributed by atoms with Gasteiger partial charge in [0.05, 0.1) is 19.1 Å². The molecule has 0 aromatic heterocycles. The first-order chi connectivity index (χ1) is 12.7. The molecule has 1 saturated heterocycles. The highest BCUT2D eigenvalue weighted by Gasteiger charge is 2.45. The van der Waals surface area contributed by atoms with E-state index in [9.17, 15) is 13.6 Å². The molecule has 1 unspecified atom stereocenters. The van der Waals surface area contributed by atoms with E-state index in [2.05, 4.69) is 5.32 Å². The van der Waals surface area contributed by atoms with Crippen molar-refractivity contribution >= 4 is 5.97 Å². The Morgan fingerprint density at radius 1 is 1.04 bits per heavy atom. The fourth-order valence-electron chi connectivity index (χ4n) is 4.11. The Morgan fingerprint density at radius 2 is 1.52 bits per heavy atom. The number of ether oxygens (including phenoxy) is 2. The summed E-state index contributed by atoms with van der Waals surface area (Å²) in [5, 5.41) is 12.0. The van der Waals surface area contributed by atoms with Crippen molar-refractivity contribution in [1.29, 1.82) is 0 Å². The fourth-order valence-corrected chi connectivity index (χ4v) is 4.11. The molecule has 0 radical (unpaired) electrons. The molecule has 27 heavy (non-hydrogen) atoms. The molecule has 3 aliphatic rings. The third-order valence-corrected chi connectivity index (χ3v) is 5.55. The SMILES string of the molecule is C1CCC(NC2CCCCC2)CC1.CC1(C)OCC(CC(F)(F)C(=O)O)O1. The molecule has 2 saturated carbocycles. The topological polar surface area (TPSA) is 67.8 Å². The van der Waals surface area contributed by atoms with Crippen molar-refractivity contribution in [1.82, 2.24) is 5.32 Å². The average molecular weight is 391 g/mol. The van der Waals surface area contributed by atoms with E-state index in [0.717, 1.165) is 12.1 Å². The lowest BCUT2D eigenvalue weighted by molar-refractivity contribution is -0.175. The van der Waals surface area contributed by atoms with E-state index in [1.807, 2.05) is 0 Å². The van der Waals surface area contributed by atoms with Gasteiger partial charge in [0.15, 0.2) is 5.79 Å². The highest BCUT2D eigenvalue weighted by molar-refractivity contribution is 5.75. The number of carboxylic acids is 1. The number of rotatable bonds is 5. The lowest BCUT2D eigenvalue weighted by atomic mass is 9.91. The van der Waals surface area contributed by atoms with Crippen LogP contribution in [-0.4, -0.2) is 47.6 Å². The largest absolute Gasteiger partial charge is 0.477 e. The molecule has 0 aromatic carbocycles. The molecule has 1 heterocycles. The van der Waals surface area contributed by atoms with Crippen molar-refractivity contribution in [3.8, 4) is 0 Å². The highest BCUT2D eigenvalue weighted by atomic mass is 19.3. The van der Waals surface area contributed by atoms with E-state index >= 15 is 0 Å². The monoisotopic (exact) mass is 391 g/mol. The lowest BCUT2D eigenvalue weighted by Crippen LogP contribution is -2.40. The van der Waals surface area contributed by atoms with E-state index < -0.39 is 30.2 Å². The van der Waals surface area contributed by atoms with Crippen LogP contribution in [-0.2, 0) is 14.3 Å². The first-order valence-corrected chi connectivity index (χ1v) is 10.4. The van der Waals surface area contributed by atoms with Crippen molar-refractivity contribution in [3.05, 3.63) is 0 Å². The normalized spacial score (nSPS) is 27.0. The van der Waals surface area contributed by atoms with E-state index in [0.29, 0.717) is 0 Å². The van der Waals surface area contributed by atoms with Gasteiger partial charge in [0.25, 0.3) is 0 Å². The van der Waals surface area contributed by atoms with Gasteiger partial charge in [-0.2, -0.15) is 8.78 Å². The smallest absolute Gasteiger partial charge is 0.374 e. The molecular weight excluding hydrogens is 356 g/mol. The van der Waals surface area contributed by atoms with Gasteiger partial charge in [-0.15, -0.1) is 0 Å². The van der Waals surface area contributed by atoms with Crippen LogP contribution in [0.15, 0.2) is 0 Å². The number of halogens is 2. The number of carbonyl (C=O) groups is 1. The summed E-state index contributed by atoms with van der Waals surface area (Å²) < 4.78 is 35.5. The number of aliphatic carboxylic acids is 1. The van der Waals surface area contributed by atoms with Crippen LogP contribution in [0.5, 0.6) is 0 Å². The minimum Gasteiger partial charge on any atom is -0.477 e. The molecular formula is C20H35F2NO4. The van der Waals surface area contributed by atoms with Gasteiger partial charge < -0.3 is 19.9 Å². The molecule has 0 bridgehead atoms. The Labute approximate surface area is 161 Å². The van der Waals surface area contributed by atoms with Crippen molar-refractivity contribution in [2.75, 3.05) is 6.61 Å². The Balaban J connectivity index is 0.000000194. The van der Waals surface area contributed by atoms with Crippen molar-refractivity contribution < 1.29 is 28.2 Å². The zero-order chi connectivity index (χ0) is 19.9. The summed E-state index contributed by atoms with van der Waals surface area (Å²) in [5.41, 5.74) is 0. The number of hydrogen-bond donors (Lipinski definition) is 2. The van der Waals surface area contributed by atoms with Gasteiger partial charge in [0.1, 0.15) is 0 Å². The summed E-state index contributed by atoms with van der Waals surface area (Å²) >= 11 is 0. The standard InChI is InChI=1S/C12H23N.C8H12F2O4/c1-3-7-11(8-4-1)13-12-9-5-2-6-10-12;1-7(2)13-4-5(14-7)3-8(9,10)6(11)12/h11-13H,1-10H2;5H,3-4H2,1-2H3,(H,11,12). The summed E-state index contributed by atoms with van der Waals surface area (Å²) in [5.74, 6) is -6.79. The zero-order valence-electron chi connectivity index (χ0n) is 16.6. The second-order valence-electron chi connectivity index (χ2n) is 8.50. The maximum Gasteiger partial charge on any atom is 0.374 e. The number of alkyl halides is 2. The number of hydrogen-bond acceptors (Lipinski definition) is 4. The third-order valence-electron chi connectivity index (χ3n) is 5.55. The van der Waals surface area contributed by atoms with E-state index in [-0.39, 0.29) is 6.61 Å². The van der Waals surface area contributed by atoms with E-state index in [1.54, 1.807) is 13.8 Å². The second kappa shape index (κ2) is 10.1. The molecule has 3 fully saturated rings. The van der Waals surface area contributed by atoms with E-state index in [1.165, 1.54) is 64.2 Å². The van der Waals surface area contributed by atoms with Crippen LogP contribution >= 0.6 is 0 Å². The first-order valence-electron chi connectivity index (χ1n) is 10.4. The highest BCUT2D eigenvalue weighted by Crippen LogP contribution is 2.30. The Kier molecular flexibility index (Phi) is 8.43. The molecule has 1 atom stereocenters. The minimum atomic E-state index is -3.76. The molecule has 0 spiro atoms. The first kappa shape index (κ1) is 22.5. The molecule has 0 aromatic rings. The maximum absolute atomic E-state index is 12.7. The fraction of sp³-hybridized carbons (Fsp3) is 0.950. The summed E-state index contributed by atoms with van der Waals surface area (Å²) in [6.45, 7) is 3.17. The van der Waals surface area contributed by atoms with Gasteiger partial charge >= 0.3 is 11.9 Å². The summed E-state index contributed by atoms with van der Waals surface area (Å²) in [7, 11) is 0. The van der Waals surface area contributed by atoms with Crippen molar-refractivity contribution in [3.63, 3.8) is 0 Å².